The fraction of sp³-hybridized carbons (Fsp3) is 0.484. The number of benzene rings is 2. The minimum Gasteiger partial charge on any atom is -0.354 e. The normalized spacial score (nSPS) is 16.9. The molecule has 9 nitrogen and oxygen atoms in total. The molecule has 0 radical (unpaired) electrons. The van der Waals surface area contributed by atoms with E-state index in [2.05, 4.69) is 5.32 Å². The number of nitrogens with zero attached hydrogens (tertiary/aromatic N) is 2. The number of ketones is 1. The number of hydrogen-bond donors (Lipinski definition) is 3. The Bertz CT molecular complexity index is 1360. The minimum absolute atomic E-state index is 0.0134. The summed E-state index contributed by atoms with van der Waals surface area (Å²) in [5.41, 5.74) is 9.76. The van der Waals surface area contributed by atoms with Gasteiger partial charge in [0.25, 0.3) is 5.91 Å². The van der Waals surface area contributed by atoms with Crippen LogP contribution in [0.3, 0.4) is 0 Å². The molecule has 1 aliphatic rings. The summed E-state index contributed by atoms with van der Waals surface area (Å²) in [6, 6.07) is 7.94. The van der Waals surface area contributed by atoms with Crippen LogP contribution in [-0.2, 0) is 33.2 Å². The number of amides is 3. The van der Waals surface area contributed by atoms with Crippen molar-refractivity contribution in [1.29, 1.82) is 0 Å². The molecule has 252 valence electrons. The first kappa shape index (κ1) is 36.5. The zero-order valence-corrected chi connectivity index (χ0v) is 25.2. The smallest absolute Gasteiger partial charge is 0.354 e. The number of nitrogens with one attached hydrogen (secondary N) is 1. The molecule has 0 aromatic heterocycles. The van der Waals surface area contributed by atoms with E-state index in [9.17, 15) is 45.5 Å². The van der Waals surface area contributed by atoms with Crippen LogP contribution in [0.4, 0.5) is 26.3 Å². The zero-order valence-electron chi connectivity index (χ0n) is 25.2. The topological polar surface area (TPSA) is 139 Å². The fourth-order valence-corrected chi connectivity index (χ4v) is 5.29. The number of Topliss-reactive ketones (excluding diaryl/α,β-unsaturated/α-hetero) is 1. The van der Waals surface area contributed by atoms with Crippen molar-refractivity contribution in [1.82, 2.24) is 15.1 Å². The summed E-state index contributed by atoms with van der Waals surface area (Å²) in [6.07, 6.45) is -8.95. The number of nitrogens with two attached hydrogens (primary N) is 2. The highest BCUT2D eigenvalue weighted by atomic mass is 19.4. The van der Waals surface area contributed by atoms with Gasteiger partial charge in [-0.25, -0.2) is 0 Å². The van der Waals surface area contributed by atoms with Crippen LogP contribution in [0.5, 0.6) is 0 Å². The molecule has 2 aromatic rings. The van der Waals surface area contributed by atoms with E-state index >= 15 is 0 Å². The summed E-state index contributed by atoms with van der Waals surface area (Å²) >= 11 is 0. The van der Waals surface area contributed by atoms with E-state index in [-0.39, 0.29) is 62.7 Å². The van der Waals surface area contributed by atoms with Crippen LogP contribution >= 0.6 is 0 Å². The molecule has 3 unspecified atom stereocenters. The summed E-state index contributed by atoms with van der Waals surface area (Å²) < 4.78 is 77.7. The van der Waals surface area contributed by atoms with Crippen molar-refractivity contribution < 1.29 is 45.5 Å². The molecule has 0 spiro atoms. The average Bonchev–Trinajstić information content (AvgIpc) is 3.65. The van der Waals surface area contributed by atoms with Crippen molar-refractivity contribution in [2.75, 3.05) is 46.3 Å². The van der Waals surface area contributed by atoms with Gasteiger partial charge in [0.05, 0.1) is 17.0 Å². The van der Waals surface area contributed by atoms with Gasteiger partial charge in [-0.05, 0) is 54.8 Å². The summed E-state index contributed by atoms with van der Waals surface area (Å²) in [5, 5.41) is 2.67. The molecular weight excluding hydrogens is 620 g/mol. The second kappa shape index (κ2) is 15.5. The summed E-state index contributed by atoms with van der Waals surface area (Å²) in [4.78, 5) is 54.3. The molecule has 0 bridgehead atoms. The van der Waals surface area contributed by atoms with E-state index in [0.717, 1.165) is 36.4 Å². The molecule has 3 rings (SSSR count). The quantitative estimate of drug-likeness (QED) is 0.252. The molecule has 3 atom stereocenters. The summed E-state index contributed by atoms with van der Waals surface area (Å²) in [7, 11) is 1.40. The van der Waals surface area contributed by atoms with E-state index in [0.29, 0.717) is 18.7 Å². The Kier molecular flexibility index (Phi) is 12.3. The van der Waals surface area contributed by atoms with Crippen LogP contribution in [0.25, 0.3) is 0 Å². The molecule has 1 aliphatic carbocycles. The fourth-order valence-electron chi connectivity index (χ4n) is 5.29. The molecule has 15 heteroatoms. The lowest BCUT2D eigenvalue weighted by Crippen LogP contribution is -2.40. The van der Waals surface area contributed by atoms with Crippen LogP contribution in [0, 0.1) is 17.8 Å². The third-order valence-electron chi connectivity index (χ3n) is 7.90. The van der Waals surface area contributed by atoms with Gasteiger partial charge in [0.1, 0.15) is 5.78 Å². The Hall–Kier alpha value is -3.98. The molecule has 0 aliphatic heterocycles. The van der Waals surface area contributed by atoms with Crippen molar-refractivity contribution in [3.05, 3.63) is 70.8 Å². The molecule has 3 amide bonds. The molecule has 1 fully saturated rings. The van der Waals surface area contributed by atoms with Crippen molar-refractivity contribution in [3.63, 3.8) is 0 Å². The molecule has 5 N–H and O–H groups in total. The third kappa shape index (κ3) is 9.76. The minimum atomic E-state index is -4.55. The SMILES string of the molecule is CN(CCNC(=O)C(Cc1ccc(C(F)(F)F)cc1)C1C(=O)C1CCC(=O)N(CCN)CCN)C(=O)c1ccc(C(F)(F)F)cc1. The van der Waals surface area contributed by atoms with Gasteiger partial charge in [0.2, 0.25) is 11.8 Å². The molecule has 1 saturated carbocycles. The Morgan fingerprint density at radius 2 is 1.37 bits per heavy atom. The largest absolute Gasteiger partial charge is 0.416 e. The maximum atomic E-state index is 13.4. The van der Waals surface area contributed by atoms with Gasteiger partial charge in [0.15, 0.2) is 0 Å². The van der Waals surface area contributed by atoms with Gasteiger partial charge in [-0.1, -0.05) is 12.1 Å². The molecule has 0 saturated heterocycles. The average molecular weight is 658 g/mol. The van der Waals surface area contributed by atoms with Crippen molar-refractivity contribution in [2.45, 2.75) is 31.6 Å². The van der Waals surface area contributed by atoms with E-state index in [1.165, 1.54) is 29.0 Å². The van der Waals surface area contributed by atoms with Gasteiger partial charge in [-0.3, -0.25) is 19.2 Å². The van der Waals surface area contributed by atoms with Crippen LogP contribution < -0.4 is 16.8 Å². The van der Waals surface area contributed by atoms with Gasteiger partial charge >= 0.3 is 12.4 Å². The monoisotopic (exact) mass is 657 g/mol. The molecular formula is C31H37F6N5O4. The van der Waals surface area contributed by atoms with Gasteiger partial charge < -0.3 is 26.6 Å². The van der Waals surface area contributed by atoms with E-state index in [1.807, 2.05) is 0 Å². The highest BCUT2D eigenvalue weighted by Crippen LogP contribution is 2.45. The van der Waals surface area contributed by atoms with E-state index in [1.54, 1.807) is 0 Å². The lowest BCUT2D eigenvalue weighted by molar-refractivity contribution is -0.138. The van der Waals surface area contributed by atoms with Gasteiger partial charge in [-0.15, -0.1) is 0 Å². The Balaban J connectivity index is 1.67. The van der Waals surface area contributed by atoms with Gasteiger partial charge in [0, 0.05) is 70.1 Å². The Morgan fingerprint density at radius 1 is 0.848 bits per heavy atom. The summed E-state index contributed by atoms with van der Waals surface area (Å²) in [6.45, 7) is 0.976. The van der Waals surface area contributed by atoms with Crippen molar-refractivity contribution in [3.8, 4) is 0 Å². The predicted molar refractivity (Wildman–Crippen MR) is 156 cm³/mol. The van der Waals surface area contributed by atoms with E-state index in [4.69, 9.17) is 11.5 Å². The number of carbonyl (C=O) groups excluding carboxylic acids is 4. The lowest BCUT2D eigenvalue weighted by Gasteiger charge is -2.21. The first-order valence-corrected chi connectivity index (χ1v) is 14.7. The zero-order chi connectivity index (χ0) is 34.2. The number of likely N-dealkylation sites (N-methyl/N-ethyl adjacent to an activating group) is 1. The number of alkyl halides is 6. The van der Waals surface area contributed by atoms with Crippen LogP contribution in [0.1, 0.15) is 39.9 Å². The Morgan fingerprint density at radius 3 is 1.87 bits per heavy atom. The van der Waals surface area contributed by atoms with Gasteiger partial charge in [-0.2, -0.15) is 26.3 Å². The van der Waals surface area contributed by atoms with Crippen LogP contribution in [0.2, 0.25) is 0 Å². The second-order valence-electron chi connectivity index (χ2n) is 11.1. The van der Waals surface area contributed by atoms with Crippen LogP contribution in [-0.4, -0.2) is 79.6 Å². The number of carbonyl (C=O) groups is 4. The van der Waals surface area contributed by atoms with Crippen molar-refractivity contribution in [2.24, 2.45) is 29.2 Å². The molecule has 46 heavy (non-hydrogen) atoms. The Labute approximate surface area is 262 Å². The number of halogens is 6. The summed E-state index contributed by atoms with van der Waals surface area (Å²) in [5.74, 6) is -3.93. The highest BCUT2D eigenvalue weighted by molar-refractivity contribution is 6.03. The maximum Gasteiger partial charge on any atom is 0.416 e. The van der Waals surface area contributed by atoms with Crippen LogP contribution in [0.15, 0.2) is 48.5 Å². The third-order valence-corrected chi connectivity index (χ3v) is 7.90. The number of rotatable bonds is 15. The van der Waals surface area contributed by atoms with E-state index < -0.39 is 53.0 Å². The second-order valence-corrected chi connectivity index (χ2v) is 11.1. The molecule has 2 aromatic carbocycles. The first-order valence-electron chi connectivity index (χ1n) is 14.7. The molecule has 0 heterocycles. The predicted octanol–water partition coefficient (Wildman–Crippen LogP) is 3.11. The highest BCUT2D eigenvalue weighted by Gasteiger charge is 2.55. The van der Waals surface area contributed by atoms with Crippen molar-refractivity contribution >= 4 is 23.5 Å². The lowest BCUT2D eigenvalue weighted by atomic mass is 9.91. The number of hydrogen-bond acceptors (Lipinski definition) is 6. The standard InChI is InChI=1S/C31H37F6N5O4/c1-41(29(46)20-4-8-22(9-5-20)31(35,36)37)17-14-40-28(45)24(18-19-2-6-21(7-3-19)30(32,33)34)26-23(27(26)44)10-11-25(43)42(15-12-38)16-13-39/h2-9,23-24,26H,10-18,38-39H2,1H3,(H,40,45). The maximum absolute atomic E-state index is 13.4. The first-order chi connectivity index (χ1) is 21.6.